The zero-order chi connectivity index (χ0) is 11.1. The second-order valence-electron chi connectivity index (χ2n) is 2.99. The Morgan fingerprint density at radius 1 is 1.27 bits per heavy atom. The van der Waals surface area contributed by atoms with E-state index in [4.69, 9.17) is 9.47 Å². The van der Waals surface area contributed by atoms with Crippen LogP contribution in [0.3, 0.4) is 0 Å². The minimum atomic E-state index is 0.810. The zero-order valence-electron chi connectivity index (χ0n) is 9.00. The molecule has 1 rings (SSSR count). The number of alkyl halides is 1. The van der Waals surface area contributed by atoms with Crippen molar-refractivity contribution < 1.29 is 9.47 Å². The molecule has 1 aromatic carbocycles. The monoisotopic (exact) mass is 270 g/mol. The summed E-state index contributed by atoms with van der Waals surface area (Å²) in [4.78, 5) is 0. The van der Waals surface area contributed by atoms with Gasteiger partial charge in [0.05, 0.1) is 14.2 Å². The van der Waals surface area contributed by atoms with Crippen molar-refractivity contribution in [3.05, 3.63) is 29.8 Å². The van der Waals surface area contributed by atoms with E-state index in [-0.39, 0.29) is 0 Å². The minimum Gasteiger partial charge on any atom is -0.497 e. The minimum absolute atomic E-state index is 0.810. The number of methoxy groups -OCH3 is 2. The summed E-state index contributed by atoms with van der Waals surface area (Å²) in [5.41, 5.74) is 1.07. The third-order valence-electron chi connectivity index (χ3n) is 2.01. The number of hydrogen-bond acceptors (Lipinski definition) is 2. The van der Waals surface area contributed by atoms with E-state index >= 15 is 0 Å². The summed E-state index contributed by atoms with van der Waals surface area (Å²) >= 11 is 3.38. The van der Waals surface area contributed by atoms with Crippen LogP contribution in [0.2, 0.25) is 0 Å². The van der Waals surface area contributed by atoms with Gasteiger partial charge in [-0.1, -0.05) is 28.1 Å². The number of allylic oxidation sites excluding steroid dienone is 1. The van der Waals surface area contributed by atoms with Crippen molar-refractivity contribution in [1.82, 2.24) is 0 Å². The Morgan fingerprint density at radius 2 is 2.07 bits per heavy atom. The van der Waals surface area contributed by atoms with Gasteiger partial charge in [-0.25, -0.2) is 0 Å². The number of halogens is 1. The molecule has 0 amide bonds. The van der Waals surface area contributed by atoms with Crippen molar-refractivity contribution in [2.24, 2.45) is 0 Å². The summed E-state index contributed by atoms with van der Waals surface area (Å²) in [6.45, 7) is 0. The summed E-state index contributed by atoms with van der Waals surface area (Å²) in [7, 11) is 3.31. The molecule has 0 spiro atoms. The van der Waals surface area contributed by atoms with Crippen molar-refractivity contribution in [3.8, 4) is 11.5 Å². The first kappa shape index (κ1) is 12.1. The van der Waals surface area contributed by atoms with Crippen LogP contribution in [0.5, 0.6) is 11.5 Å². The largest absolute Gasteiger partial charge is 0.497 e. The summed E-state index contributed by atoms with van der Waals surface area (Å²) in [5.74, 6) is 1.64. The second-order valence-corrected chi connectivity index (χ2v) is 3.78. The zero-order valence-corrected chi connectivity index (χ0v) is 10.6. The van der Waals surface area contributed by atoms with E-state index in [9.17, 15) is 0 Å². The maximum Gasteiger partial charge on any atom is 0.129 e. The maximum absolute atomic E-state index is 5.28. The highest BCUT2D eigenvalue weighted by molar-refractivity contribution is 9.09. The van der Waals surface area contributed by atoms with Gasteiger partial charge >= 0.3 is 0 Å². The van der Waals surface area contributed by atoms with Gasteiger partial charge in [0, 0.05) is 17.0 Å². The van der Waals surface area contributed by atoms with Crippen LogP contribution >= 0.6 is 15.9 Å². The Morgan fingerprint density at radius 3 is 2.67 bits per heavy atom. The number of benzene rings is 1. The summed E-state index contributed by atoms with van der Waals surface area (Å²) in [6.07, 6.45) is 5.17. The Bertz CT molecular complexity index is 334. The van der Waals surface area contributed by atoms with E-state index in [0.29, 0.717) is 0 Å². The molecule has 0 N–H and O–H groups in total. The molecule has 0 saturated heterocycles. The van der Waals surface area contributed by atoms with Gasteiger partial charge in [0.1, 0.15) is 11.5 Å². The van der Waals surface area contributed by atoms with Crippen molar-refractivity contribution in [2.75, 3.05) is 19.5 Å². The fourth-order valence-electron chi connectivity index (χ4n) is 1.23. The van der Waals surface area contributed by atoms with Crippen LogP contribution in [0.25, 0.3) is 6.08 Å². The van der Waals surface area contributed by atoms with E-state index in [2.05, 4.69) is 28.1 Å². The molecule has 0 saturated carbocycles. The van der Waals surface area contributed by atoms with E-state index in [1.54, 1.807) is 14.2 Å². The van der Waals surface area contributed by atoms with Gasteiger partial charge in [0.2, 0.25) is 0 Å². The van der Waals surface area contributed by atoms with Crippen LogP contribution in [-0.4, -0.2) is 19.5 Å². The molecular formula is C12H15BrO2. The van der Waals surface area contributed by atoms with Gasteiger partial charge in [-0.3, -0.25) is 0 Å². The van der Waals surface area contributed by atoms with Crippen LogP contribution in [0.4, 0.5) is 0 Å². The smallest absolute Gasteiger partial charge is 0.129 e. The molecule has 0 aliphatic heterocycles. The third kappa shape index (κ3) is 3.59. The number of rotatable bonds is 5. The quantitative estimate of drug-likeness (QED) is 0.763. The first-order valence-corrected chi connectivity index (χ1v) is 5.88. The molecule has 0 heterocycles. The molecule has 0 atom stereocenters. The van der Waals surface area contributed by atoms with Crippen molar-refractivity contribution in [1.29, 1.82) is 0 Å². The standard InChI is InChI=1S/C12H15BrO2/c1-14-11-7-6-10(5-3-4-8-13)12(9-11)15-2/h3,5-7,9H,4,8H2,1-2H3/b5-3+. The van der Waals surface area contributed by atoms with E-state index in [1.807, 2.05) is 18.2 Å². The molecule has 0 aliphatic carbocycles. The summed E-state index contributed by atoms with van der Waals surface area (Å²) in [5, 5.41) is 0.974. The van der Waals surface area contributed by atoms with E-state index in [1.165, 1.54) is 0 Å². The number of ether oxygens (including phenoxy) is 2. The lowest BCUT2D eigenvalue weighted by molar-refractivity contribution is 0.394. The van der Waals surface area contributed by atoms with Crippen LogP contribution in [0.15, 0.2) is 24.3 Å². The van der Waals surface area contributed by atoms with Crippen LogP contribution < -0.4 is 9.47 Å². The van der Waals surface area contributed by atoms with Crippen molar-refractivity contribution in [2.45, 2.75) is 6.42 Å². The molecule has 0 aromatic heterocycles. The molecule has 0 radical (unpaired) electrons. The highest BCUT2D eigenvalue weighted by Crippen LogP contribution is 2.25. The van der Waals surface area contributed by atoms with Crippen LogP contribution in [-0.2, 0) is 0 Å². The summed E-state index contributed by atoms with van der Waals surface area (Å²) < 4.78 is 10.4. The molecule has 82 valence electrons. The van der Waals surface area contributed by atoms with Gasteiger partial charge in [0.25, 0.3) is 0 Å². The lowest BCUT2D eigenvalue weighted by Crippen LogP contribution is -1.89. The highest BCUT2D eigenvalue weighted by Gasteiger charge is 2.01. The van der Waals surface area contributed by atoms with E-state index in [0.717, 1.165) is 28.8 Å². The normalized spacial score (nSPS) is 10.6. The SMILES string of the molecule is COc1ccc(/C=C/CCBr)c(OC)c1. The first-order chi connectivity index (χ1) is 7.31. The molecule has 2 nitrogen and oxygen atoms in total. The van der Waals surface area contributed by atoms with E-state index < -0.39 is 0 Å². The van der Waals surface area contributed by atoms with Crippen LogP contribution in [0.1, 0.15) is 12.0 Å². The lowest BCUT2D eigenvalue weighted by Gasteiger charge is -2.07. The second kappa shape index (κ2) is 6.51. The van der Waals surface area contributed by atoms with Gasteiger partial charge in [-0.2, -0.15) is 0 Å². The molecule has 15 heavy (non-hydrogen) atoms. The fourth-order valence-corrected chi connectivity index (χ4v) is 1.49. The molecule has 1 aromatic rings. The molecule has 0 unspecified atom stereocenters. The molecule has 0 aliphatic rings. The Kier molecular flexibility index (Phi) is 5.26. The van der Waals surface area contributed by atoms with Gasteiger partial charge in [-0.05, 0) is 18.6 Å². The van der Waals surface area contributed by atoms with Gasteiger partial charge in [0.15, 0.2) is 0 Å². The average Bonchev–Trinajstić information content (AvgIpc) is 2.29. The summed E-state index contributed by atoms with van der Waals surface area (Å²) in [6, 6.07) is 5.80. The van der Waals surface area contributed by atoms with Gasteiger partial charge < -0.3 is 9.47 Å². The first-order valence-electron chi connectivity index (χ1n) is 4.76. The highest BCUT2D eigenvalue weighted by atomic mass is 79.9. The van der Waals surface area contributed by atoms with Crippen molar-refractivity contribution >= 4 is 22.0 Å². The molecular weight excluding hydrogens is 256 g/mol. The van der Waals surface area contributed by atoms with Crippen molar-refractivity contribution in [3.63, 3.8) is 0 Å². The molecule has 3 heteroatoms. The van der Waals surface area contributed by atoms with Gasteiger partial charge in [-0.15, -0.1) is 0 Å². The molecule has 0 bridgehead atoms. The maximum atomic E-state index is 5.28. The Balaban J connectivity index is 2.87. The molecule has 0 fully saturated rings. The Hall–Kier alpha value is -0.960. The third-order valence-corrected chi connectivity index (χ3v) is 2.47. The lowest BCUT2D eigenvalue weighted by atomic mass is 10.1. The fraction of sp³-hybridized carbons (Fsp3) is 0.333. The predicted molar refractivity (Wildman–Crippen MR) is 67.0 cm³/mol. The Labute approximate surface area is 99.0 Å². The average molecular weight is 271 g/mol. The number of hydrogen-bond donors (Lipinski definition) is 0. The van der Waals surface area contributed by atoms with Crippen LogP contribution in [0, 0.1) is 0 Å². The predicted octanol–water partition coefficient (Wildman–Crippen LogP) is 3.50. The topological polar surface area (TPSA) is 18.5 Å².